The summed E-state index contributed by atoms with van der Waals surface area (Å²) in [5.74, 6) is -0.486. The third-order valence-electron chi connectivity index (χ3n) is 4.05. The fraction of sp³-hybridized carbons (Fsp3) is 0.500. The largest absolute Gasteiger partial charge is 0.344 e. The maximum Gasteiger partial charge on any atom is 0.245 e. The number of hydrogen-bond donors (Lipinski definition) is 1. The Labute approximate surface area is 124 Å². The summed E-state index contributed by atoms with van der Waals surface area (Å²) in [6, 6.07) is 4.27. The van der Waals surface area contributed by atoms with Gasteiger partial charge in [-0.2, -0.15) is 0 Å². The van der Waals surface area contributed by atoms with Crippen LogP contribution in [0.3, 0.4) is 0 Å². The van der Waals surface area contributed by atoms with Crippen LogP contribution in [-0.2, 0) is 9.59 Å². The lowest BCUT2D eigenvalue weighted by Crippen LogP contribution is -2.45. The highest BCUT2D eigenvalue weighted by Crippen LogP contribution is 2.24. The van der Waals surface area contributed by atoms with Crippen molar-refractivity contribution in [2.45, 2.75) is 45.7 Å². The summed E-state index contributed by atoms with van der Waals surface area (Å²) >= 11 is 0. The van der Waals surface area contributed by atoms with Crippen molar-refractivity contribution >= 4 is 11.8 Å². The second-order valence-corrected chi connectivity index (χ2v) is 5.49. The zero-order valence-electron chi connectivity index (χ0n) is 12.6. The third-order valence-corrected chi connectivity index (χ3v) is 4.05. The predicted molar refractivity (Wildman–Crippen MR) is 78.1 cm³/mol. The fourth-order valence-electron chi connectivity index (χ4n) is 2.57. The van der Waals surface area contributed by atoms with Gasteiger partial charge in [-0.15, -0.1) is 0 Å². The Bertz CT molecular complexity index is 559. The Morgan fingerprint density at radius 3 is 2.76 bits per heavy atom. The summed E-state index contributed by atoms with van der Waals surface area (Å²) in [6.07, 6.45) is 0.830. The molecule has 1 N–H and O–H groups in total. The van der Waals surface area contributed by atoms with Crippen LogP contribution >= 0.6 is 0 Å². The molecule has 0 radical (unpaired) electrons. The van der Waals surface area contributed by atoms with Crippen LogP contribution in [0.5, 0.6) is 0 Å². The van der Waals surface area contributed by atoms with Crippen molar-refractivity contribution < 1.29 is 14.0 Å². The van der Waals surface area contributed by atoms with Gasteiger partial charge in [0.2, 0.25) is 11.8 Å². The van der Waals surface area contributed by atoms with Crippen molar-refractivity contribution in [1.82, 2.24) is 10.2 Å². The molecule has 2 unspecified atom stereocenters. The maximum atomic E-state index is 13.7. The van der Waals surface area contributed by atoms with Crippen LogP contribution < -0.4 is 5.32 Å². The molecule has 0 aliphatic carbocycles. The molecular weight excluding hydrogens is 271 g/mol. The topological polar surface area (TPSA) is 49.4 Å². The molecule has 1 aliphatic heterocycles. The van der Waals surface area contributed by atoms with Crippen molar-refractivity contribution in [3.8, 4) is 0 Å². The van der Waals surface area contributed by atoms with E-state index in [0.29, 0.717) is 18.5 Å². The quantitative estimate of drug-likeness (QED) is 0.929. The highest BCUT2D eigenvalue weighted by atomic mass is 19.1. The third kappa shape index (κ3) is 3.23. The van der Waals surface area contributed by atoms with E-state index in [4.69, 9.17) is 0 Å². The minimum absolute atomic E-state index is 0.100. The van der Waals surface area contributed by atoms with Gasteiger partial charge >= 0.3 is 0 Å². The first-order valence-corrected chi connectivity index (χ1v) is 7.30. The fourth-order valence-corrected chi connectivity index (χ4v) is 2.57. The first kappa shape index (κ1) is 15.5. The lowest BCUT2D eigenvalue weighted by molar-refractivity contribution is -0.135. The lowest BCUT2D eigenvalue weighted by atomic mass is 10.0. The summed E-state index contributed by atoms with van der Waals surface area (Å²) in [6.45, 7) is 5.79. The number of amides is 2. The van der Waals surface area contributed by atoms with Gasteiger partial charge in [0.15, 0.2) is 0 Å². The SMILES string of the molecule is CCC1NC(=O)CCN(C(C)c2ccc(C)c(F)c2)C1=O. The number of hydrogen-bond acceptors (Lipinski definition) is 2. The van der Waals surface area contributed by atoms with E-state index in [9.17, 15) is 14.0 Å². The number of nitrogens with one attached hydrogen (secondary N) is 1. The Kier molecular flexibility index (Phi) is 4.60. The molecule has 2 amide bonds. The number of rotatable bonds is 3. The van der Waals surface area contributed by atoms with Crippen LogP contribution in [0.25, 0.3) is 0 Å². The average Bonchev–Trinajstić information content (AvgIpc) is 2.60. The number of carbonyl (C=O) groups excluding carboxylic acids is 2. The van der Waals surface area contributed by atoms with E-state index in [1.165, 1.54) is 6.07 Å². The molecule has 1 fully saturated rings. The van der Waals surface area contributed by atoms with E-state index in [-0.39, 0.29) is 30.1 Å². The van der Waals surface area contributed by atoms with Crippen LogP contribution in [0.4, 0.5) is 4.39 Å². The molecule has 0 bridgehead atoms. The maximum absolute atomic E-state index is 13.7. The highest BCUT2D eigenvalue weighted by Gasteiger charge is 2.31. The molecule has 1 aromatic carbocycles. The van der Waals surface area contributed by atoms with Crippen LogP contribution in [0.15, 0.2) is 18.2 Å². The Morgan fingerprint density at radius 2 is 2.14 bits per heavy atom. The van der Waals surface area contributed by atoms with E-state index in [1.807, 2.05) is 19.9 Å². The van der Waals surface area contributed by atoms with Gasteiger partial charge in [0.05, 0.1) is 6.04 Å². The van der Waals surface area contributed by atoms with Crippen molar-refractivity contribution in [2.24, 2.45) is 0 Å². The highest BCUT2D eigenvalue weighted by molar-refractivity contribution is 5.90. The number of benzene rings is 1. The van der Waals surface area contributed by atoms with Gasteiger partial charge < -0.3 is 10.2 Å². The molecule has 5 heteroatoms. The minimum atomic E-state index is -0.488. The minimum Gasteiger partial charge on any atom is -0.344 e. The summed E-state index contributed by atoms with van der Waals surface area (Å²) < 4.78 is 13.7. The van der Waals surface area contributed by atoms with E-state index in [0.717, 1.165) is 5.56 Å². The number of carbonyl (C=O) groups is 2. The van der Waals surface area contributed by atoms with E-state index in [2.05, 4.69) is 5.32 Å². The lowest BCUT2D eigenvalue weighted by Gasteiger charge is -2.30. The molecule has 0 aromatic heterocycles. The van der Waals surface area contributed by atoms with Gasteiger partial charge in [0.25, 0.3) is 0 Å². The van der Waals surface area contributed by atoms with Crippen molar-refractivity contribution in [3.05, 3.63) is 35.1 Å². The van der Waals surface area contributed by atoms with Gasteiger partial charge in [-0.3, -0.25) is 9.59 Å². The summed E-state index contributed by atoms with van der Waals surface area (Å²) in [5, 5.41) is 2.73. The van der Waals surface area contributed by atoms with Gasteiger partial charge in [-0.1, -0.05) is 19.1 Å². The van der Waals surface area contributed by atoms with Gasteiger partial charge in [0, 0.05) is 13.0 Å². The predicted octanol–water partition coefficient (Wildman–Crippen LogP) is 2.32. The molecule has 2 atom stereocenters. The van der Waals surface area contributed by atoms with Gasteiger partial charge in [0.1, 0.15) is 11.9 Å². The summed E-state index contributed by atoms with van der Waals surface area (Å²) in [7, 11) is 0. The number of aryl methyl sites for hydroxylation is 1. The molecule has 1 aliphatic rings. The molecule has 21 heavy (non-hydrogen) atoms. The van der Waals surface area contributed by atoms with E-state index < -0.39 is 6.04 Å². The Hall–Kier alpha value is -1.91. The van der Waals surface area contributed by atoms with Gasteiger partial charge in [-0.25, -0.2) is 4.39 Å². The molecule has 1 saturated heterocycles. The van der Waals surface area contributed by atoms with Crippen molar-refractivity contribution in [1.29, 1.82) is 0 Å². The second-order valence-electron chi connectivity index (χ2n) is 5.49. The smallest absolute Gasteiger partial charge is 0.245 e. The molecule has 114 valence electrons. The van der Waals surface area contributed by atoms with Crippen LogP contribution in [0.1, 0.15) is 43.9 Å². The van der Waals surface area contributed by atoms with Crippen LogP contribution in [-0.4, -0.2) is 29.3 Å². The van der Waals surface area contributed by atoms with Crippen molar-refractivity contribution in [3.63, 3.8) is 0 Å². The zero-order valence-corrected chi connectivity index (χ0v) is 12.6. The average molecular weight is 292 g/mol. The molecule has 2 rings (SSSR count). The zero-order chi connectivity index (χ0) is 15.6. The van der Waals surface area contributed by atoms with Crippen molar-refractivity contribution in [2.75, 3.05) is 6.54 Å². The van der Waals surface area contributed by atoms with Gasteiger partial charge in [-0.05, 0) is 37.5 Å². The first-order valence-electron chi connectivity index (χ1n) is 7.30. The summed E-state index contributed by atoms with van der Waals surface area (Å²) in [5.41, 5.74) is 1.33. The molecule has 0 spiro atoms. The second kappa shape index (κ2) is 6.24. The molecular formula is C16H21FN2O2. The van der Waals surface area contributed by atoms with Crippen LogP contribution in [0.2, 0.25) is 0 Å². The molecule has 1 aromatic rings. The summed E-state index contributed by atoms with van der Waals surface area (Å²) in [4.78, 5) is 25.8. The van der Waals surface area contributed by atoms with E-state index in [1.54, 1.807) is 17.9 Å². The molecule has 4 nitrogen and oxygen atoms in total. The molecule has 1 heterocycles. The molecule has 0 saturated carbocycles. The Morgan fingerprint density at radius 1 is 1.43 bits per heavy atom. The first-order chi connectivity index (χ1) is 9.93. The standard InChI is InChI=1S/C16H21FN2O2/c1-4-14-16(21)19(8-7-15(20)18-14)11(3)12-6-5-10(2)13(17)9-12/h5-6,9,11,14H,4,7-8H2,1-3H3,(H,18,20). The van der Waals surface area contributed by atoms with E-state index >= 15 is 0 Å². The number of nitrogens with zero attached hydrogens (tertiary/aromatic N) is 1. The van der Waals surface area contributed by atoms with Crippen LogP contribution in [0, 0.1) is 12.7 Å². The number of halogens is 1. The Balaban J connectivity index is 2.27. The normalized spacial score (nSPS) is 21.0. The monoisotopic (exact) mass is 292 g/mol.